The summed E-state index contributed by atoms with van der Waals surface area (Å²) in [6.45, 7) is 0. The molecular formula is C15H15NO2. The number of hydrogen-bond acceptors (Lipinski definition) is 2. The van der Waals surface area contributed by atoms with E-state index in [0.717, 1.165) is 12.8 Å². The lowest BCUT2D eigenvalue weighted by atomic mass is 9.73. The lowest BCUT2D eigenvalue weighted by Gasteiger charge is -2.28. The minimum absolute atomic E-state index is 0.0241. The van der Waals surface area contributed by atoms with Gasteiger partial charge in [-0.25, -0.2) is 0 Å². The molecule has 4 rings (SSSR count). The molecule has 0 aromatic heterocycles. The maximum atomic E-state index is 11.9. The highest BCUT2D eigenvalue weighted by Crippen LogP contribution is 2.60. The fourth-order valence-corrected chi connectivity index (χ4v) is 4.47. The highest BCUT2D eigenvalue weighted by Gasteiger charge is 2.61. The average molecular weight is 241 g/mol. The Balaban J connectivity index is 1.70. The number of benzene rings is 1. The zero-order chi connectivity index (χ0) is 12.3. The molecule has 3 aliphatic rings. The minimum Gasteiger partial charge on any atom is -0.296 e. The van der Waals surface area contributed by atoms with Gasteiger partial charge in [-0.05, 0) is 36.2 Å². The molecule has 18 heavy (non-hydrogen) atoms. The first kappa shape index (κ1) is 10.3. The number of carbonyl (C=O) groups excluding carboxylic acids is 2. The first-order valence-corrected chi connectivity index (χ1v) is 6.65. The number of fused-ring (bicyclic) bond motifs is 5. The summed E-state index contributed by atoms with van der Waals surface area (Å²) in [6.07, 6.45) is 2.12. The Kier molecular flexibility index (Phi) is 1.97. The molecule has 1 saturated heterocycles. The van der Waals surface area contributed by atoms with Crippen molar-refractivity contribution in [2.45, 2.75) is 18.8 Å². The maximum Gasteiger partial charge on any atom is 0.230 e. The van der Waals surface area contributed by atoms with Crippen LogP contribution in [0.4, 0.5) is 0 Å². The molecule has 1 aromatic rings. The summed E-state index contributed by atoms with van der Waals surface area (Å²) >= 11 is 0. The van der Waals surface area contributed by atoms with E-state index >= 15 is 0 Å². The number of imide groups is 1. The summed E-state index contributed by atoms with van der Waals surface area (Å²) in [6, 6.07) is 10.4. The van der Waals surface area contributed by atoms with E-state index in [-0.39, 0.29) is 23.7 Å². The first-order chi connectivity index (χ1) is 8.75. The van der Waals surface area contributed by atoms with E-state index in [1.807, 2.05) is 6.07 Å². The Morgan fingerprint density at radius 1 is 0.944 bits per heavy atom. The monoisotopic (exact) mass is 241 g/mol. The molecule has 5 atom stereocenters. The Labute approximate surface area is 106 Å². The summed E-state index contributed by atoms with van der Waals surface area (Å²) in [5, 5.41) is 2.51. The fourth-order valence-electron chi connectivity index (χ4n) is 4.47. The molecule has 2 amide bonds. The zero-order valence-electron chi connectivity index (χ0n) is 10.0. The third-order valence-electron chi connectivity index (χ3n) is 5.08. The Bertz CT molecular complexity index is 525. The molecule has 0 spiro atoms. The Morgan fingerprint density at radius 3 is 2.44 bits per heavy atom. The van der Waals surface area contributed by atoms with Crippen molar-refractivity contribution >= 4 is 11.8 Å². The topological polar surface area (TPSA) is 46.2 Å². The normalized spacial score (nSPS) is 41.0. The molecule has 2 saturated carbocycles. The highest BCUT2D eigenvalue weighted by atomic mass is 16.2. The van der Waals surface area contributed by atoms with Crippen LogP contribution in [0.3, 0.4) is 0 Å². The third kappa shape index (κ3) is 1.19. The van der Waals surface area contributed by atoms with Gasteiger partial charge in [0.25, 0.3) is 0 Å². The molecule has 3 fully saturated rings. The van der Waals surface area contributed by atoms with E-state index in [2.05, 4.69) is 29.6 Å². The molecule has 1 N–H and O–H groups in total. The van der Waals surface area contributed by atoms with Gasteiger partial charge in [0.15, 0.2) is 0 Å². The van der Waals surface area contributed by atoms with Gasteiger partial charge >= 0.3 is 0 Å². The minimum atomic E-state index is -0.0542. The van der Waals surface area contributed by atoms with Crippen molar-refractivity contribution < 1.29 is 9.59 Å². The van der Waals surface area contributed by atoms with Crippen LogP contribution < -0.4 is 5.32 Å². The molecule has 5 unspecified atom stereocenters. The predicted molar refractivity (Wildman–Crippen MR) is 65.5 cm³/mol. The van der Waals surface area contributed by atoms with Gasteiger partial charge in [0.2, 0.25) is 11.8 Å². The van der Waals surface area contributed by atoms with Gasteiger partial charge in [-0.2, -0.15) is 0 Å². The third-order valence-corrected chi connectivity index (χ3v) is 5.08. The summed E-state index contributed by atoms with van der Waals surface area (Å²) in [5.74, 6) is 1.12. The van der Waals surface area contributed by atoms with Gasteiger partial charge in [-0.15, -0.1) is 0 Å². The number of nitrogens with one attached hydrogen (secondary N) is 1. The summed E-state index contributed by atoms with van der Waals surface area (Å²) in [5.41, 5.74) is 1.33. The van der Waals surface area contributed by atoms with Gasteiger partial charge < -0.3 is 0 Å². The van der Waals surface area contributed by atoms with Crippen molar-refractivity contribution in [3.8, 4) is 0 Å². The van der Waals surface area contributed by atoms with Crippen LogP contribution in [0.15, 0.2) is 30.3 Å². The fraction of sp³-hybridized carbons (Fsp3) is 0.467. The molecular weight excluding hydrogens is 226 g/mol. The zero-order valence-corrected chi connectivity index (χ0v) is 10.0. The molecule has 1 heterocycles. The molecule has 0 radical (unpaired) electrons. The van der Waals surface area contributed by atoms with Crippen molar-refractivity contribution in [3.05, 3.63) is 35.9 Å². The Morgan fingerprint density at radius 2 is 1.67 bits per heavy atom. The van der Waals surface area contributed by atoms with E-state index < -0.39 is 0 Å². The standard InChI is InChI=1S/C15H15NO2/c17-14-12-9-6-10(8-4-2-1-3-5-8)11(7-9)13(12)15(18)16-14/h1-5,9-13H,6-7H2,(H,16,17,18). The molecule has 1 aromatic carbocycles. The van der Waals surface area contributed by atoms with Crippen LogP contribution in [0.2, 0.25) is 0 Å². The summed E-state index contributed by atoms with van der Waals surface area (Å²) < 4.78 is 0. The number of rotatable bonds is 1. The molecule has 3 nitrogen and oxygen atoms in total. The van der Waals surface area contributed by atoms with Crippen LogP contribution >= 0.6 is 0 Å². The average Bonchev–Trinajstić information content (AvgIpc) is 3.03. The molecule has 1 aliphatic heterocycles. The van der Waals surface area contributed by atoms with E-state index in [1.54, 1.807) is 0 Å². The van der Waals surface area contributed by atoms with E-state index in [1.165, 1.54) is 5.56 Å². The second-order valence-corrected chi connectivity index (χ2v) is 5.82. The second-order valence-electron chi connectivity index (χ2n) is 5.82. The van der Waals surface area contributed by atoms with Crippen LogP contribution in [-0.2, 0) is 9.59 Å². The van der Waals surface area contributed by atoms with Crippen molar-refractivity contribution in [1.82, 2.24) is 5.32 Å². The Hall–Kier alpha value is -1.64. The van der Waals surface area contributed by atoms with Gasteiger partial charge in [0.05, 0.1) is 11.8 Å². The van der Waals surface area contributed by atoms with E-state index in [9.17, 15) is 9.59 Å². The second kappa shape index (κ2) is 3.44. The summed E-state index contributed by atoms with van der Waals surface area (Å²) in [4.78, 5) is 23.7. The van der Waals surface area contributed by atoms with Crippen molar-refractivity contribution in [3.63, 3.8) is 0 Å². The molecule has 2 aliphatic carbocycles. The van der Waals surface area contributed by atoms with Crippen molar-refractivity contribution in [2.75, 3.05) is 0 Å². The van der Waals surface area contributed by atoms with Gasteiger partial charge in [-0.3, -0.25) is 14.9 Å². The quantitative estimate of drug-likeness (QED) is 0.761. The lowest BCUT2D eigenvalue weighted by molar-refractivity contribution is -0.126. The van der Waals surface area contributed by atoms with Crippen LogP contribution in [0.5, 0.6) is 0 Å². The van der Waals surface area contributed by atoms with Crippen LogP contribution in [-0.4, -0.2) is 11.8 Å². The van der Waals surface area contributed by atoms with E-state index in [4.69, 9.17) is 0 Å². The van der Waals surface area contributed by atoms with Crippen LogP contribution in [0.1, 0.15) is 24.3 Å². The maximum absolute atomic E-state index is 11.9. The first-order valence-electron chi connectivity index (χ1n) is 6.65. The van der Waals surface area contributed by atoms with Gasteiger partial charge in [0.1, 0.15) is 0 Å². The molecule has 3 heteroatoms. The number of amides is 2. The van der Waals surface area contributed by atoms with Crippen LogP contribution in [0.25, 0.3) is 0 Å². The number of carbonyl (C=O) groups is 2. The highest BCUT2D eigenvalue weighted by molar-refractivity contribution is 6.06. The van der Waals surface area contributed by atoms with Gasteiger partial charge in [0, 0.05) is 0 Å². The SMILES string of the molecule is O=C1NC(=O)C2C3CC(CC3c3ccccc3)C12. The lowest BCUT2D eigenvalue weighted by Crippen LogP contribution is -2.29. The van der Waals surface area contributed by atoms with Crippen molar-refractivity contribution in [1.29, 1.82) is 0 Å². The van der Waals surface area contributed by atoms with Crippen LogP contribution in [0, 0.1) is 23.7 Å². The van der Waals surface area contributed by atoms with Crippen molar-refractivity contribution in [2.24, 2.45) is 23.7 Å². The van der Waals surface area contributed by atoms with Gasteiger partial charge in [-0.1, -0.05) is 30.3 Å². The predicted octanol–water partition coefficient (Wildman–Crippen LogP) is 1.70. The molecule has 2 bridgehead atoms. The van der Waals surface area contributed by atoms with E-state index in [0.29, 0.717) is 17.8 Å². The largest absolute Gasteiger partial charge is 0.296 e. The number of hydrogen-bond donors (Lipinski definition) is 1. The smallest absolute Gasteiger partial charge is 0.230 e. The summed E-state index contributed by atoms with van der Waals surface area (Å²) in [7, 11) is 0. The molecule has 92 valence electrons.